The fourth-order valence-corrected chi connectivity index (χ4v) is 1.01. The van der Waals surface area contributed by atoms with Gasteiger partial charge in [-0.25, -0.2) is 9.59 Å². The molecule has 7 nitrogen and oxygen atoms in total. The molecule has 0 radical (unpaired) electrons. The smallest absolute Gasteiger partial charge is 0.426 e. The van der Waals surface area contributed by atoms with Crippen LogP contribution in [0.3, 0.4) is 0 Å². The Morgan fingerprint density at radius 3 is 2.89 bits per heavy atom. The summed E-state index contributed by atoms with van der Waals surface area (Å²) >= 11 is 0. The molecular weight excluding hydrogens is 256 g/mol. The lowest BCUT2D eigenvalue weighted by Gasteiger charge is -2.10. The first kappa shape index (κ1) is 15.2. The van der Waals surface area contributed by atoms with Gasteiger partial charge in [-0.2, -0.15) is 4.89 Å². The first-order valence-corrected chi connectivity index (χ1v) is 5.63. The molecule has 1 aliphatic rings. The third kappa shape index (κ3) is 6.03. The molecule has 0 aromatic rings. The second kappa shape index (κ2) is 7.55. The molecule has 0 aromatic heterocycles. The summed E-state index contributed by atoms with van der Waals surface area (Å²) in [4.78, 5) is 30.9. The van der Waals surface area contributed by atoms with Gasteiger partial charge in [0, 0.05) is 5.57 Å². The minimum Gasteiger partial charge on any atom is -0.426 e. The maximum Gasteiger partial charge on any atom is 0.514 e. The Kier molecular flexibility index (Phi) is 6.04. The van der Waals surface area contributed by atoms with Crippen LogP contribution in [-0.2, 0) is 28.8 Å². The molecule has 1 aliphatic heterocycles. The zero-order valence-electron chi connectivity index (χ0n) is 10.8. The third-order valence-electron chi connectivity index (χ3n) is 1.96. The summed E-state index contributed by atoms with van der Waals surface area (Å²) in [7, 11) is 0. The molecule has 7 heteroatoms. The Hall–Kier alpha value is -1.86. The van der Waals surface area contributed by atoms with Gasteiger partial charge in [0.1, 0.15) is 11.9 Å². The van der Waals surface area contributed by atoms with Crippen LogP contribution in [0.25, 0.3) is 0 Å². The van der Waals surface area contributed by atoms with Gasteiger partial charge in [-0.05, 0) is 19.9 Å². The van der Waals surface area contributed by atoms with Crippen molar-refractivity contribution in [2.24, 2.45) is 0 Å². The van der Waals surface area contributed by atoms with Crippen molar-refractivity contribution in [2.45, 2.75) is 20.0 Å². The largest absolute Gasteiger partial charge is 0.514 e. The maximum absolute atomic E-state index is 11.0. The van der Waals surface area contributed by atoms with E-state index in [9.17, 15) is 9.59 Å². The van der Waals surface area contributed by atoms with Crippen LogP contribution in [0.1, 0.15) is 13.8 Å². The molecule has 0 N–H and O–H groups in total. The molecule has 1 atom stereocenters. The van der Waals surface area contributed by atoms with Crippen LogP contribution >= 0.6 is 0 Å². The van der Waals surface area contributed by atoms with E-state index in [2.05, 4.69) is 20.9 Å². The Bertz CT molecular complexity index is 386. The fourth-order valence-electron chi connectivity index (χ4n) is 1.01. The van der Waals surface area contributed by atoms with E-state index in [0.717, 1.165) is 0 Å². The predicted octanol–water partition coefficient (Wildman–Crippen LogP) is 1.49. The van der Waals surface area contributed by atoms with Crippen LogP contribution in [0.5, 0.6) is 0 Å². The van der Waals surface area contributed by atoms with Crippen molar-refractivity contribution in [2.75, 3.05) is 19.8 Å². The summed E-state index contributed by atoms with van der Waals surface area (Å²) in [6, 6.07) is 0. The van der Waals surface area contributed by atoms with Crippen LogP contribution in [0.2, 0.25) is 0 Å². The molecule has 106 valence electrons. The summed E-state index contributed by atoms with van der Waals surface area (Å²) in [5.74, 6) is -0.212. The standard InChI is InChI=1S/C12H16O7/c1-8(2)11(13)19-18-9(3)6-15-5-4-10-7-16-12(14)17-10/h4,9H,1,5-7H2,2-3H3. The number of carbonyl (C=O) groups excluding carboxylic acids is 2. The van der Waals surface area contributed by atoms with Crippen molar-refractivity contribution in [3.05, 3.63) is 24.0 Å². The van der Waals surface area contributed by atoms with Crippen molar-refractivity contribution in [3.63, 3.8) is 0 Å². The zero-order valence-corrected chi connectivity index (χ0v) is 10.8. The highest BCUT2D eigenvalue weighted by atomic mass is 17.2. The number of hydrogen-bond acceptors (Lipinski definition) is 7. The minimum absolute atomic E-state index is 0.116. The van der Waals surface area contributed by atoms with Crippen molar-refractivity contribution >= 4 is 12.1 Å². The second-order valence-corrected chi connectivity index (χ2v) is 3.91. The quantitative estimate of drug-likeness (QED) is 0.228. The van der Waals surface area contributed by atoms with E-state index < -0.39 is 18.2 Å². The van der Waals surface area contributed by atoms with Gasteiger partial charge in [0.15, 0.2) is 6.61 Å². The van der Waals surface area contributed by atoms with Crippen molar-refractivity contribution < 1.29 is 33.6 Å². The number of hydrogen-bond donors (Lipinski definition) is 0. The van der Waals surface area contributed by atoms with Crippen molar-refractivity contribution in [1.82, 2.24) is 0 Å². The molecular formula is C12H16O7. The highest BCUT2D eigenvalue weighted by Gasteiger charge is 2.17. The summed E-state index contributed by atoms with van der Waals surface area (Å²) < 4.78 is 14.5. The lowest BCUT2D eigenvalue weighted by molar-refractivity contribution is -0.296. The predicted molar refractivity (Wildman–Crippen MR) is 62.8 cm³/mol. The Balaban J connectivity index is 2.10. The molecule has 0 aliphatic carbocycles. The van der Waals surface area contributed by atoms with E-state index in [4.69, 9.17) is 9.62 Å². The van der Waals surface area contributed by atoms with Gasteiger partial charge in [0.2, 0.25) is 0 Å². The van der Waals surface area contributed by atoms with E-state index in [1.54, 1.807) is 13.0 Å². The average molecular weight is 272 g/mol. The summed E-state index contributed by atoms with van der Waals surface area (Å²) in [5, 5.41) is 0. The number of cyclic esters (lactones) is 2. The highest BCUT2D eigenvalue weighted by molar-refractivity contribution is 5.86. The van der Waals surface area contributed by atoms with Gasteiger partial charge < -0.3 is 14.2 Å². The van der Waals surface area contributed by atoms with Gasteiger partial charge >= 0.3 is 12.1 Å². The second-order valence-electron chi connectivity index (χ2n) is 3.91. The van der Waals surface area contributed by atoms with Crippen LogP contribution in [0, 0.1) is 0 Å². The molecule has 19 heavy (non-hydrogen) atoms. The monoisotopic (exact) mass is 272 g/mol. The van der Waals surface area contributed by atoms with Crippen LogP contribution < -0.4 is 0 Å². The Morgan fingerprint density at radius 1 is 1.58 bits per heavy atom. The van der Waals surface area contributed by atoms with Gasteiger partial charge in [0.25, 0.3) is 0 Å². The number of ether oxygens (including phenoxy) is 3. The van der Waals surface area contributed by atoms with E-state index in [-0.39, 0.29) is 25.4 Å². The molecule has 1 rings (SSSR count). The van der Waals surface area contributed by atoms with E-state index in [0.29, 0.717) is 5.76 Å². The van der Waals surface area contributed by atoms with Crippen LogP contribution in [0.4, 0.5) is 4.79 Å². The zero-order chi connectivity index (χ0) is 14.3. The van der Waals surface area contributed by atoms with Crippen molar-refractivity contribution in [3.8, 4) is 0 Å². The number of rotatable bonds is 7. The molecule has 1 saturated heterocycles. The minimum atomic E-state index is -0.713. The van der Waals surface area contributed by atoms with E-state index in [1.807, 2.05) is 0 Å². The first-order chi connectivity index (χ1) is 8.99. The van der Waals surface area contributed by atoms with Crippen LogP contribution in [-0.4, -0.2) is 38.0 Å². The highest BCUT2D eigenvalue weighted by Crippen LogP contribution is 2.09. The molecule has 0 bridgehead atoms. The molecule has 0 saturated carbocycles. The molecule has 1 unspecified atom stereocenters. The van der Waals surface area contributed by atoms with Gasteiger partial charge in [-0.3, -0.25) is 4.89 Å². The fraction of sp³-hybridized carbons (Fsp3) is 0.500. The third-order valence-corrected chi connectivity index (χ3v) is 1.96. The van der Waals surface area contributed by atoms with E-state index in [1.165, 1.54) is 6.92 Å². The lowest BCUT2D eigenvalue weighted by atomic mass is 10.4. The maximum atomic E-state index is 11.0. The average Bonchev–Trinajstić information content (AvgIpc) is 2.77. The molecule has 1 heterocycles. The topological polar surface area (TPSA) is 80.3 Å². The normalized spacial score (nSPS) is 17.8. The van der Waals surface area contributed by atoms with Crippen LogP contribution in [0.15, 0.2) is 24.0 Å². The molecule has 1 fully saturated rings. The van der Waals surface area contributed by atoms with Gasteiger partial charge in [-0.15, -0.1) is 0 Å². The van der Waals surface area contributed by atoms with Gasteiger partial charge in [-0.1, -0.05) is 6.58 Å². The molecule has 0 amide bonds. The van der Waals surface area contributed by atoms with Crippen molar-refractivity contribution in [1.29, 1.82) is 0 Å². The Morgan fingerprint density at radius 2 is 2.32 bits per heavy atom. The summed E-state index contributed by atoms with van der Waals surface area (Å²) in [5.41, 5.74) is 0.251. The SMILES string of the molecule is C=C(C)C(=O)OOC(C)COCC=C1COC(=O)O1. The summed E-state index contributed by atoms with van der Waals surface area (Å²) in [6.07, 6.45) is 0.441. The number of carbonyl (C=O) groups is 2. The van der Waals surface area contributed by atoms with Gasteiger partial charge in [0.05, 0.1) is 13.2 Å². The summed E-state index contributed by atoms with van der Waals surface area (Å²) in [6.45, 7) is 7.16. The van der Waals surface area contributed by atoms with E-state index >= 15 is 0 Å². The molecule has 0 aromatic carbocycles. The lowest BCUT2D eigenvalue weighted by Crippen LogP contribution is -2.19. The molecule has 0 spiro atoms. The first-order valence-electron chi connectivity index (χ1n) is 5.63. The Labute approximate surface area is 110 Å².